The van der Waals surface area contributed by atoms with Gasteiger partial charge < -0.3 is 15.3 Å². The van der Waals surface area contributed by atoms with Crippen molar-refractivity contribution < 1.29 is 9.84 Å². The van der Waals surface area contributed by atoms with Crippen LogP contribution in [-0.4, -0.2) is 29.0 Å². The molecule has 1 atom stereocenters. The number of benzene rings is 1. The van der Waals surface area contributed by atoms with Gasteiger partial charge in [0.15, 0.2) is 0 Å². The van der Waals surface area contributed by atoms with Crippen molar-refractivity contribution in [2.24, 2.45) is 0 Å². The molecule has 0 aliphatic carbocycles. The molecule has 0 fully saturated rings. The predicted molar refractivity (Wildman–Crippen MR) is 81.1 cm³/mol. The van der Waals surface area contributed by atoms with E-state index in [1.54, 1.807) is 12.1 Å². The predicted octanol–water partition coefficient (Wildman–Crippen LogP) is 2.74. The third kappa shape index (κ3) is 3.68. The minimum absolute atomic E-state index is 0.191. The van der Waals surface area contributed by atoms with Gasteiger partial charge in [-0.1, -0.05) is 23.7 Å². The summed E-state index contributed by atoms with van der Waals surface area (Å²) in [7, 11) is 0. The van der Waals surface area contributed by atoms with Crippen molar-refractivity contribution in [3.8, 4) is 5.75 Å². The van der Waals surface area contributed by atoms with Gasteiger partial charge in [-0.2, -0.15) is 0 Å². The summed E-state index contributed by atoms with van der Waals surface area (Å²) in [5.41, 5.74) is 5.36. The van der Waals surface area contributed by atoms with Gasteiger partial charge in [0.25, 0.3) is 0 Å². The normalized spacial score (nSPS) is 12.2. The van der Waals surface area contributed by atoms with E-state index in [0.29, 0.717) is 17.3 Å². The third-order valence-corrected chi connectivity index (χ3v) is 3.34. The number of para-hydroxylation sites is 1. The first kappa shape index (κ1) is 14.8. The molecular weight excluding hydrogens is 276 g/mol. The first-order chi connectivity index (χ1) is 9.58. The Morgan fingerprint density at radius 1 is 1.20 bits per heavy atom. The van der Waals surface area contributed by atoms with Gasteiger partial charge in [-0.05, 0) is 38.1 Å². The van der Waals surface area contributed by atoms with Gasteiger partial charge in [0.05, 0.1) is 11.6 Å². The zero-order valence-electron chi connectivity index (χ0n) is 11.6. The summed E-state index contributed by atoms with van der Waals surface area (Å²) in [4.78, 5) is 0. The molecule has 0 bridgehead atoms. The number of aryl methyl sites for hydroxylation is 2. The highest BCUT2D eigenvalue weighted by molar-refractivity contribution is 6.32. The molecule has 0 saturated heterocycles. The van der Waals surface area contributed by atoms with Crippen LogP contribution in [0.25, 0.3) is 0 Å². The van der Waals surface area contributed by atoms with E-state index < -0.39 is 6.10 Å². The van der Waals surface area contributed by atoms with Crippen LogP contribution >= 0.6 is 11.6 Å². The monoisotopic (exact) mass is 294 g/mol. The van der Waals surface area contributed by atoms with Crippen LogP contribution in [0.2, 0.25) is 5.02 Å². The Labute approximate surface area is 123 Å². The molecule has 2 N–H and O–H groups in total. The fourth-order valence-corrected chi connectivity index (χ4v) is 2.11. The number of hydrogen-bond donors (Lipinski definition) is 2. The van der Waals surface area contributed by atoms with Crippen molar-refractivity contribution in [2.75, 3.05) is 18.6 Å². The fourth-order valence-electron chi connectivity index (χ4n) is 1.92. The fraction of sp³-hybridized carbons (Fsp3) is 0.333. The van der Waals surface area contributed by atoms with Crippen LogP contribution in [0.4, 0.5) is 0 Å². The Kier molecular flexibility index (Phi) is 4.93. The van der Waals surface area contributed by atoms with Crippen LogP contribution in [0, 0.1) is 13.8 Å². The maximum absolute atomic E-state index is 9.94. The maximum atomic E-state index is 9.94. The Morgan fingerprint density at radius 3 is 2.50 bits per heavy atom. The van der Waals surface area contributed by atoms with Crippen molar-refractivity contribution in [1.29, 1.82) is 0 Å². The van der Waals surface area contributed by atoms with Crippen LogP contribution in [-0.2, 0) is 0 Å². The summed E-state index contributed by atoms with van der Waals surface area (Å²) in [6.07, 6.45) is -0.618. The van der Waals surface area contributed by atoms with Gasteiger partial charge in [0.2, 0.25) is 0 Å². The summed E-state index contributed by atoms with van der Waals surface area (Å²) in [5.74, 6) is 0.585. The standard InChI is InChI=1S/C15H19ClN2O2/c1-11-7-8-12(2)18(11)17-9-13(19)10-20-15-6-4-3-5-14(15)16/h3-8,13,17,19H,9-10H2,1-2H3. The van der Waals surface area contributed by atoms with Crippen molar-refractivity contribution in [3.05, 3.63) is 52.8 Å². The third-order valence-electron chi connectivity index (χ3n) is 3.02. The lowest BCUT2D eigenvalue weighted by atomic mass is 10.3. The Bertz CT molecular complexity index is 549. The Balaban J connectivity index is 1.82. The van der Waals surface area contributed by atoms with E-state index in [1.807, 2.05) is 42.8 Å². The van der Waals surface area contributed by atoms with Crippen molar-refractivity contribution >= 4 is 11.6 Å². The lowest BCUT2D eigenvalue weighted by molar-refractivity contribution is 0.115. The van der Waals surface area contributed by atoms with Gasteiger partial charge in [-0.15, -0.1) is 0 Å². The van der Waals surface area contributed by atoms with Crippen LogP contribution in [0.15, 0.2) is 36.4 Å². The number of aromatic nitrogens is 1. The van der Waals surface area contributed by atoms with E-state index in [1.165, 1.54) is 0 Å². The molecule has 0 aliphatic rings. The van der Waals surface area contributed by atoms with Crippen molar-refractivity contribution in [3.63, 3.8) is 0 Å². The molecule has 0 radical (unpaired) electrons. The first-order valence-electron chi connectivity index (χ1n) is 6.52. The minimum Gasteiger partial charge on any atom is -0.489 e. The Hall–Kier alpha value is -1.65. The van der Waals surface area contributed by atoms with Crippen LogP contribution in [0.5, 0.6) is 5.75 Å². The van der Waals surface area contributed by atoms with Gasteiger partial charge in [0.1, 0.15) is 18.5 Å². The zero-order valence-corrected chi connectivity index (χ0v) is 12.4. The van der Waals surface area contributed by atoms with E-state index in [-0.39, 0.29) is 6.61 Å². The summed E-state index contributed by atoms with van der Waals surface area (Å²) in [6, 6.07) is 11.3. The summed E-state index contributed by atoms with van der Waals surface area (Å²) in [6.45, 7) is 4.61. The molecule has 108 valence electrons. The SMILES string of the molecule is Cc1ccc(C)n1NCC(O)COc1ccccc1Cl. The molecule has 2 aromatic rings. The van der Waals surface area contributed by atoms with Crippen LogP contribution < -0.4 is 10.2 Å². The highest BCUT2D eigenvalue weighted by Gasteiger charge is 2.08. The van der Waals surface area contributed by atoms with Gasteiger partial charge in [-0.3, -0.25) is 4.68 Å². The van der Waals surface area contributed by atoms with Crippen LogP contribution in [0.3, 0.4) is 0 Å². The topological polar surface area (TPSA) is 46.4 Å². The average Bonchev–Trinajstić information content (AvgIpc) is 2.75. The number of nitrogens with zero attached hydrogens (tertiary/aromatic N) is 1. The summed E-state index contributed by atoms with van der Waals surface area (Å²) in [5, 5.41) is 10.5. The summed E-state index contributed by atoms with van der Waals surface area (Å²) >= 11 is 5.98. The summed E-state index contributed by atoms with van der Waals surface area (Å²) < 4.78 is 7.44. The van der Waals surface area contributed by atoms with E-state index in [2.05, 4.69) is 5.43 Å². The minimum atomic E-state index is -0.618. The highest BCUT2D eigenvalue weighted by Crippen LogP contribution is 2.23. The first-order valence-corrected chi connectivity index (χ1v) is 6.90. The number of aliphatic hydroxyl groups is 1. The second-order valence-corrected chi connectivity index (χ2v) is 5.12. The molecule has 1 aromatic carbocycles. The molecule has 20 heavy (non-hydrogen) atoms. The number of hydrogen-bond acceptors (Lipinski definition) is 3. The molecule has 1 aromatic heterocycles. The average molecular weight is 295 g/mol. The highest BCUT2D eigenvalue weighted by atomic mass is 35.5. The molecule has 0 saturated carbocycles. The largest absolute Gasteiger partial charge is 0.489 e. The van der Waals surface area contributed by atoms with Crippen molar-refractivity contribution in [2.45, 2.75) is 20.0 Å². The zero-order chi connectivity index (χ0) is 14.5. The number of nitrogens with one attached hydrogen (secondary N) is 1. The molecule has 0 aliphatic heterocycles. The quantitative estimate of drug-likeness (QED) is 0.861. The molecule has 1 heterocycles. The second kappa shape index (κ2) is 6.68. The molecule has 0 spiro atoms. The van der Waals surface area contributed by atoms with Crippen LogP contribution in [0.1, 0.15) is 11.4 Å². The molecule has 2 rings (SSSR count). The lowest BCUT2D eigenvalue weighted by Crippen LogP contribution is -2.31. The maximum Gasteiger partial charge on any atom is 0.138 e. The second-order valence-electron chi connectivity index (χ2n) is 4.71. The molecular formula is C15H19ClN2O2. The van der Waals surface area contributed by atoms with E-state index >= 15 is 0 Å². The molecule has 4 nitrogen and oxygen atoms in total. The van der Waals surface area contributed by atoms with Gasteiger partial charge in [-0.25, -0.2) is 0 Å². The van der Waals surface area contributed by atoms with E-state index in [4.69, 9.17) is 16.3 Å². The molecule has 1 unspecified atom stereocenters. The molecule has 5 heteroatoms. The lowest BCUT2D eigenvalue weighted by Gasteiger charge is -2.17. The number of halogens is 1. The van der Waals surface area contributed by atoms with E-state index in [9.17, 15) is 5.11 Å². The molecule has 0 amide bonds. The number of aliphatic hydroxyl groups excluding tert-OH is 1. The Morgan fingerprint density at radius 2 is 1.85 bits per heavy atom. The van der Waals surface area contributed by atoms with Gasteiger partial charge >= 0.3 is 0 Å². The number of ether oxygens (including phenoxy) is 1. The van der Waals surface area contributed by atoms with Crippen molar-refractivity contribution in [1.82, 2.24) is 4.68 Å². The van der Waals surface area contributed by atoms with Gasteiger partial charge in [0, 0.05) is 11.4 Å². The van der Waals surface area contributed by atoms with E-state index in [0.717, 1.165) is 11.4 Å². The number of rotatable bonds is 6. The smallest absolute Gasteiger partial charge is 0.138 e.